The zero-order valence-electron chi connectivity index (χ0n) is 11.2. The normalized spacial score (nSPS) is 11.0. The van der Waals surface area contributed by atoms with Crippen molar-refractivity contribution >= 4 is 22.9 Å². The van der Waals surface area contributed by atoms with Crippen LogP contribution in [-0.2, 0) is 13.1 Å². The standard InChI is InChI=1S/C13H16ClN3OS/c1-9-15-16-13(19-9)8-17(2)7-10-6-11(14)4-5-12(10)18-3/h4-6H,7-8H2,1-3H3. The largest absolute Gasteiger partial charge is 0.496 e. The lowest BCUT2D eigenvalue weighted by Gasteiger charge is -2.17. The fourth-order valence-electron chi connectivity index (χ4n) is 1.85. The number of methoxy groups -OCH3 is 1. The summed E-state index contributed by atoms with van der Waals surface area (Å²) < 4.78 is 5.34. The molecule has 2 aromatic rings. The van der Waals surface area contributed by atoms with E-state index in [2.05, 4.69) is 15.1 Å². The lowest BCUT2D eigenvalue weighted by atomic mass is 10.2. The molecule has 0 aliphatic rings. The van der Waals surface area contributed by atoms with E-state index in [0.717, 1.165) is 39.4 Å². The Bertz CT molecular complexity index is 559. The van der Waals surface area contributed by atoms with E-state index in [-0.39, 0.29) is 0 Å². The van der Waals surface area contributed by atoms with Crippen molar-refractivity contribution in [1.82, 2.24) is 15.1 Å². The third-order valence-corrected chi connectivity index (χ3v) is 3.71. The summed E-state index contributed by atoms with van der Waals surface area (Å²) in [6, 6.07) is 5.65. The summed E-state index contributed by atoms with van der Waals surface area (Å²) in [5.41, 5.74) is 1.07. The molecule has 0 unspecified atom stereocenters. The summed E-state index contributed by atoms with van der Waals surface area (Å²) in [7, 11) is 3.71. The number of benzene rings is 1. The van der Waals surface area contributed by atoms with E-state index in [0.29, 0.717) is 0 Å². The van der Waals surface area contributed by atoms with Gasteiger partial charge in [0.15, 0.2) is 0 Å². The Morgan fingerprint density at radius 3 is 2.74 bits per heavy atom. The molecule has 1 aromatic carbocycles. The highest BCUT2D eigenvalue weighted by atomic mass is 35.5. The van der Waals surface area contributed by atoms with Gasteiger partial charge in [0, 0.05) is 17.1 Å². The Morgan fingerprint density at radius 1 is 1.32 bits per heavy atom. The average molecular weight is 298 g/mol. The fourth-order valence-corrected chi connectivity index (χ4v) is 2.83. The molecule has 1 heterocycles. The molecule has 102 valence electrons. The van der Waals surface area contributed by atoms with Crippen LogP contribution in [0.3, 0.4) is 0 Å². The van der Waals surface area contributed by atoms with Gasteiger partial charge in [-0.3, -0.25) is 4.90 Å². The zero-order chi connectivity index (χ0) is 13.8. The molecule has 19 heavy (non-hydrogen) atoms. The SMILES string of the molecule is COc1ccc(Cl)cc1CN(C)Cc1nnc(C)s1. The maximum atomic E-state index is 6.03. The number of nitrogens with zero attached hydrogens (tertiary/aromatic N) is 3. The second-order valence-electron chi connectivity index (χ2n) is 4.34. The van der Waals surface area contributed by atoms with E-state index >= 15 is 0 Å². The molecule has 6 heteroatoms. The van der Waals surface area contributed by atoms with Crippen molar-refractivity contribution in [3.8, 4) is 5.75 Å². The van der Waals surface area contributed by atoms with Gasteiger partial charge >= 0.3 is 0 Å². The molecule has 0 radical (unpaired) electrons. The highest BCUT2D eigenvalue weighted by molar-refractivity contribution is 7.11. The van der Waals surface area contributed by atoms with E-state index < -0.39 is 0 Å². The van der Waals surface area contributed by atoms with Crippen molar-refractivity contribution in [1.29, 1.82) is 0 Å². The average Bonchev–Trinajstić information content (AvgIpc) is 2.75. The molecule has 1 aromatic heterocycles. The van der Waals surface area contributed by atoms with E-state index in [1.807, 2.05) is 32.2 Å². The maximum Gasteiger partial charge on any atom is 0.131 e. The van der Waals surface area contributed by atoms with Crippen molar-refractivity contribution in [3.05, 3.63) is 38.8 Å². The number of rotatable bonds is 5. The van der Waals surface area contributed by atoms with Crippen LogP contribution in [0.1, 0.15) is 15.6 Å². The van der Waals surface area contributed by atoms with Gasteiger partial charge in [-0.2, -0.15) is 0 Å². The second-order valence-corrected chi connectivity index (χ2v) is 6.05. The van der Waals surface area contributed by atoms with Gasteiger partial charge in [0.05, 0.1) is 13.7 Å². The van der Waals surface area contributed by atoms with Gasteiger partial charge in [-0.25, -0.2) is 0 Å². The lowest BCUT2D eigenvalue weighted by molar-refractivity contribution is 0.309. The third kappa shape index (κ3) is 3.89. The van der Waals surface area contributed by atoms with Crippen LogP contribution < -0.4 is 4.74 Å². The monoisotopic (exact) mass is 297 g/mol. The van der Waals surface area contributed by atoms with Crippen LogP contribution in [0.4, 0.5) is 0 Å². The van der Waals surface area contributed by atoms with Crippen LogP contribution in [-0.4, -0.2) is 29.3 Å². The highest BCUT2D eigenvalue weighted by Gasteiger charge is 2.09. The molecule has 0 aliphatic carbocycles. The van der Waals surface area contributed by atoms with E-state index in [9.17, 15) is 0 Å². The minimum absolute atomic E-state index is 0.718. The summed E-state index contributed by atoms with van der Waals surface area (Å²) in [4.78, 5) is 2.16. The maximum absolute atomic E-state index is 6.03. The minimum Gasteiger partial charge on any atom is -0.496 e. The van der Waals surface area contributed by atoms with E-state index in [1.54, 1.807) is 18.4 Å². The predicted molar refractivity (Wildman–Crippen MR) is 77.8 cm³/mol. The van der Waals surface area contributed by atoms with Gasteiger partial charge in [0.25, 0.3) is 0 Å². The van der Waals surface area contributed by atoms with Gasteiger partial charge in [0.2, 0.25) is 0 Å². The quantitative estimate of drug-likeness (QED) is 0.850. The number of halogens is 1. The fraction of sp³-hybridized carbons (Fsp3) is 0.385. The predicted octanol–water partition coefficient (Wildman–Crippen LogP) is 3.14. The van der Waals surface area contributed by atoms with Crippen molar-refractivity contribution in [2.75, 3.05) is 14.2 Å². The third-order valence-electron chi connectivity index (χ3n) is 2.66. The van der Waals surface area contributed by atoms with Crippen LogP contribution in [0.2, 0.25) is 5.02 Å². The molecule has 0 atom stereocenters. The Morgan fingerprint density at radius 2 is 2.11 bits per heavy atom. The molecule has 0 saturated heterocycles. The van der Waals surface area contributed by atoms with Gasteiger partial charge < -0.3 is 4.74 Å². The Hall–Kier alpha value is -1.17. The smallest absolute Gasteiger partial charge is 0.131 e. The number of aromatic nitrogens is 2. The first-order valence-corrected chi connectivity index (χ1v) is 7.08. The van der Waals surface area contributed by atoms with Crippen molar-refractivity contribution < 1.29 is 4.74 Å². The molecular formula is C13H16ClN3OS. The summed E-state index contributed by atoms with van der Waals surface area (Å²) >= 11 is 7.64. The Balaban J connectivity index is 2.05. The summed E-state index contributed by atoms with van der Waals surface area (Å²) in [6.07, 6.45) is 0. The first-order valence-electron chi connectivity index (χ1n) is 5.88. The molecule has 0 saturated carbocycles. The van der Waals surface area contributed by atoms with Gasteiger partial charge in [-0.1, -0.05) is 11.6 Å². The Labute approximate surface area is 122 Å². The second kappa shape index (κ2) is 6.32. The first kappa shape index (κ1) is 14.2. The summed E-state index contributed by atoms with van der Waals surface area (Å²) in [6.45, 7) is 3.48. The van der Waals surface area contributed by atoms with Gasteiger partial charge in [0.1, 0.15) is 15.8 Å². The van der Waals surface area contributed by atoms with Gasteiger partial charge in [-0.15, -0.1) is 21.5 Å². The van der Waals surface area contributed by atoms with Crippen molar-refractivity contribution in [2.45, 2.75) is 20.0 Å². The van der Waals surface area contributed by atoms with E-state index in [4.69, 9.17) is 16.3 Å². The summed E-state index contributed by atoms with van der Waals surface area (Å²) in [5, 5.41) is 10.9. The zero-order valence-corrected chi connectivity index (χ0v) is 12.8. The Kier molecular flexibility index (Phi) is 4.74. The molecule has 4 nitrogen and oxygen atoms in total. The number of hydrogen-bond donors (Lipinski definition) is 0. The first-order chi connectivity index (χ1) is 9.08. The molecule has 0 N–H and O–H groups in total. The molecule has 2 rings (SSSR count). The van der Waals surface area contributed by atoms with Crippen molar-refractivity contribution in [3.63, 3.8) is 0 Å². The van der Waals surface area contributed by atoms with Crippen LogP contribution in [0.15, 0.2) is 18.2 Å². The highest BCUT2D eigenvalue weighted by Crippen LogP contribution is 2.24. The van der Waals surface area contributed by atoms with Gasteiger partial charge in [-0.05, 0) is 32.2 Å². The molecule has 0 amide bonds. The minimum atomic E-state index is 0.718. The van der Waals surface area contributed by atoms with Crippen LogP contribution >= 0.6 is 22.9 Å². The summed E-state index contributed by atoms with van der Waals surface area (Å²) in [5.74, 6) is 0.852. The number of hydrogen-bond acceptors (Lipinski definition) is 5. The molecule has 0 bridgehead atoms. The van der Waals surface area contributed by atoms with Crippen molar-refractivity contribution in [2.24, 2.45) is 0 Å². The molecule has 0 spiro atoms. The van der Waals surface area contributed by atoms with Crippen LogP contribution in [0.5, 0.6) is 5.75 Å². The van der Waals surface area contributed by atoms with Crippen LogP contribution in [0.25, 0.3) is 0 Å². The molecule has 0 aliphatic heterocycles. The van der Waals surface area contributed by atoms with E-state index in [1.165, 1.54) is 0 Å². The molecule has 0 fully saturated rings. The van der Waals surface area contributed by atoms with Crippen LogP contribution in [0, 0.1) is 6.92 Å². The topological polar surface area (TPSA) is 38.2 Å². The number of aryl methyl sites for hydroxylation is 1. The molecular weight excluding hydrogens is 282 g/mol. The lowest BCUT2D eigenvalue weighted by Crippen LogP contribution is -2.17. The number of ether oxygens (including phenoxy) is 1.